The van der Waals surface area contributed by atoms with Crippen molar-refractivity contribution < 1.29 is 14.4 Å². The summed E-state index contributed by atoms with van der Waals surface area (Å²) in [6.07, 6.45) is 7.84. The van der Waals surface area contributed by atoms with Crippen LogP contribution in [0.25, 0.3) is 0 Å². The van der Waals surface area contributed by atoms with E-state index in [1.54, 1.807) is 24.0 Å². The van der Waals surface area contributed by atoms with Crippen LogP contribution in [0.4, 0.5) is 10.5 Å². The first-order valence-electron chi connectivity index (χ1n) is 9.96. The number of carbonyl (C=O) groups is 3. The number of anilines is 1. The number of hydrogen-bond donors (Lipinski definition) is 1. The summed E-state index contributed by atoms with van der Waals surface area (Å²) in [5, 5.41) is 6.98. The molecule has 1 aromatic heterocycles. The van der Waals surface area contributed by atoms with Crippen molar-refractivity contribution in [2.24, 2.45) is 0 Å². The van der Waals surface area contributed by atoms with E-state index in [2.05, 4.69) is 10.4 Å². The molecule has 0 radical (unpaired) electrons. The minimum absolute atomic E-state index is 0.243. The van der Waals surface area contributed by atoms with Crippen LogP contribution in [0.2, 0.25) is 0 Å². The third-order valence-electron chi connectivity index (χ3n) is 5.90. The molecule has 29 heavy (non-hydrogen) atoms. The Bertz CT molecular complexity index is 918. The van der Waals surface area contributed by atoms with Crippen LogP contribution < -0.4 is 5.32 Å². The van der Waals surface area contributed by atoms with Crippen LogP contribution in [0.5, 0.6) is 0 Å². The third-order valence-corrected chi connectivity index (χ3v) is 5.90. The van der Waals surface area contributed by atoms with Crippen molar-refractivity contribution in [2.75, 3.05) is 18.9 Å². The van der Waals surface area contributed by atoms with Crippen molar-refractivity contribution in [1.82, 2.24) is 19.6 Å². The lowest BCUT2D eigenvalue weighted by Crippen LogP contribution is -2.49. The summed E-state index contributed by atoms with van der Waals surface area (Å²) in [4.78, 5) is 40.8. The third kappa shape index (κ3) is 3.62. The van der Waals surface area contributed by atoms with Crippen LogP contribution in [0.1, 0.15) is 37.7 Å². The summed E-state index contributed by atoms with van der Waals surface area (Å²) < 4.78 is 1.79. The molecule has 1 N–H and O–H groups in total. The molecular formula is C21H25N5O3. The van der Waals surface area contributed by atoms with E-state index in [1.807, 2.05) is 30.5 Å². The molecule has 1 spiro atoms. The topological polar surface area (TPSA) is 87.5 Å². The van der Waals surface area contributed by atoms with Gasteiger partial charge in [-0.2, -0.15) is 5.10 Å². The van der Waals surface area contributed by atoms with Gasteiger partial charge in [-0.05, 0) is 36.6 Å². The lowest BCUT2D eigenvalue weighted by atomic mass is 9.81. The van der Waals surface area contributed by atoms with Crippen molar-refractivity contribution >= 4 is 23.5 Å². The molecule has 0 unspecified atom stereocenters. The SMILES string of the molecule is CN1C(=O)N(CC(=O)Nc2cccc(Cn3cccn3)c2)C(=O)C12CCCCC2. The molecule has 1 aliphatic carbocycles. The summed E-state index contributed by atoms with van der Waals surface area (Å²) in [5.74, 6) is -0.628. The predicted molar refractivity (Wildman–Crippen MR) is 107 cm³/mol. The molecule has 2 heterocycles. The van der Waals surface area contributed by atoms with Gasteiger partial charge in [0.05, 0.1) is 6.54 Å². The van der Waals surface area contributed by atoms with E-state index >= 15 is 0 Å². The molecule has 1 saturated heterocycles. The Morgan fingerprint density at radius 1 is 1.17 bits per heavy atom. The van der Waals surface area contributed by atoms with Crippen LogP contribution in [-0.4, -0.2) is 56.6 Å². The van der Waals surface area contributed by atoms with Gasteiger partial charge >= 0.3 is 6.03 Å². The Kier molecular flexibility index (Phi) is 5.08. The molecule has 8 nitrogen and oxygen atoms in total. The van der Waals surface area contributed by atoms with E-state index in [-0.39, 0.29) is 24.4 Å². The molecule has 8 heteroatoms. The largest absolute Gasteiger partial charge is 0.327 e. The average molecular weight is 395 g/mol. The predicted octanol–water partition coefficient (Wildman–Crippen LogP) is 2.47. The highest BCUT2D eigenvalue weighted by Crippen LogP contribution is 2.39. The second kappa shape index (κ2) is 7.69. The maximum atomic E-state index is 13.0. The van der Waals surface area contributed by atoms with Gasteiger partial charge in [0.15, 0.2) is 0 Å². The fourth-order valence-corrected chi connectivity index (χ4v) is 4.34. The van der Waals surface area contributed by atoms with Gasteiger partial charge in [0.25, 0.3) is 5.91 Å². The van der Waals surface area contributed by atoms with Crippen LogP contribution in [0, 0.1) is 0 Å². The number of nitrogens with zero attached hydrogens (tertiary/aromatic N) is 4. The fraction of sp³-hybridized carbons (Fsp3) is 0.429. The van der Waals surface area contributed by atoms with Crippen molar-refractivity contribution in [3.05, 3.63) is 48.3 Å². The Labute approximate surface area is 169 Å². The fourth-order valence-electron chi connectivity index (χ4n) is 4.34. The summed E-state index contributed by atoms with van der Waals surface area (Å²) in [5.41, 5.74) is 0.847. The smallest absolute Gasteiger partial charge is 0.325 e. The molecule has 2 aromatic rings. The molecule has 0 atom stereocenters. The Morgan fingerprint density at radius 2 is 1.97 bits per heavy atom. The highest BCUT2D eigenvalue weighted by molar-refractivity contribution is 6.10. The van der Waals surface area contributed by atoms with Crippen molar-refractivity contribution in [3.63, 3.8) is 0 Å². The van der Waals surface area contributed by atoms with Gasteiger partial charge in [-0.15, -0.1) is 0 Å². The second-order valence-corrected chi connectivity index (χ2v) is 7.78. The number of carbonyl (C=O) groups excluding carboxylic acids is 3. The van der Waals surface area contributed by atoms with Gasteiger partial charge < -0.3 is 10.2 Å². The number of rotatable bonds is 5. The van der Waals surface area contributed by atoms with E-state index in [9.17, 15) is 14.4 Å². The molecule has 2 aliphatic rings. The molecular weight excluding hydrogens is 370 g/mol. The molecule has 0 bridgehead atoms. The molecule has 4 rings (SSSR count). The number of aromatic nitrogens is 2. The van der Waals surface area contributed by atoms with E-state index in [0.29, 0.717) is 25.1 Å². The van der Waals surface area contributed by atoms with E-state index in [0.717, 1.165) is 29.7 Å². The summed E-state index contributed by atoms with van der Waals surface area (Å²) >= 11 is 0. The zero-order chi connectivity index (χ0) is 20.4. The second-order valence-electron chi connectivity index (χ2n) is 7.78. The maximum Gasteiger partial charge on any atom is 0.327 e. The quantitative estimate of drug-likeness (QED) is 0.788. The molecule has 2 fully saturated rings. The minimum atomic E-state index is -0.765. The van der Waals surface area contributed by atoms with Crippen LogP contribution in [0.15, 0.2) is 42.7 Å². The maximum absolute atomic E-state index is 13.0. The first kappa shape index (κ1) is 19.2. The van der Waals surface area contributed by atoms with Crippen molar-refractivity contribution in [1.29, 1.82) is 0 Å². The Hall–Kier alpha value is -3.16. The molecule has 4 amide bonds. The zero-order valence-corrected chi connectivity index (χ0v) is 16.5. The van der Waals surface area contributed by atoms with Crippen LogP contribution in [0.3, 0.4) is 0 Å². The molecule has 1 saturated carbocycles. The van der Waals surface area contributed by atoms with E-state index in [1.165, 1.54) is 4.90 Å². The van der Waals surface area contributed by atoms with Crippen molar-refractivity contribution in [3.8, 4) is 0 Å². The highest BCUT2D eigenvalue weighted by atomic mass is 16.2. The van der Waals surface area contributed by atoms with Gasteiger partial charge in [-0.25, -0.2) is 4.79 Å². The number of imide groups is 1. The van der Waals surface area contributed by atoms with Gasteiger partial charge in [0.1, 0.15) is 12.1 Å². The van der Waals surface area contributed by atoms with Gasteiger partial charge in [-0.3, -0.25) is 19.2 Å². The Balaban J connectivity index is 1.42. The normalized spacial score (nSPS) is 18.5. The first-order chi connectivity index (χ1) is 14.0. The zero-order valence-electron chi connectivity index (χ0n) is 16.5. The standard InChI is InChI=1S/C21H25N5O3/c1-24-20(29)26(19(28)21(24)9-3-2-4-10-21)15-18(27)23-17-8-5-7-16(13-17)14-25-12-6-11-22-25/h5-8,11-13H,2-4,9-10,14-15H2,1H3,(H,23,27). The van der Waals surface area contributed by atoms with Gasteiger partial charge in [0.2, 0.25) is 5.91 Å². The van der Waals surface area contributed by atoms with Crippen LogP contribution in [-0.2, 0) is 16.1 Å². The lowest BCUT2D eigenvalue weighted by Gasteiger charge is -2.35. The molecule has 1 aliphatic heterocycles. The van der Waals surface area contributed by atoms with Crippen LogP contribution >= 0.6 is 0 Å². The number of nitrogens with one attached hydrogen (secondary N) is 1. The van der Waals surface area contributed by atoms with Crippen molar-refractivity contribution in [2.45, 2.75) is 44.2 Å². The number of hydrogen-bond acceptors (Lipinski definition) is 4. The van der Waals surface area contributed by atoms with E-state index < -0.39 is 5.54 Å². The average Bonchev–Trinajstić information content (AvgIpc) is 3.28. The molecule has 1 aromatic carbocycles. The monoisotopic (exact) mass is 395 g/mol. The van der Waals surface area contributed by atoms with Gasteiger partial charge in [0, 0.05) is 25.1 Å². The lowest BCUT2D eigenvalue weighted by molar-refractivity contribution is -0.136. The number of likely N-dealkylation sites (N-methyl/N-ethyl adjacent to an activating group) is 1. The summed E-state index contributed by atoms with van der Waals surface area (Å²) in [6, 6.07) is 8.91. The number of urea groups is 1. The summed E-state index contributed by atoms with van der Waals surface area (Å²) in [6.45, 7) is 0.320. The molecule has 152 valence electrons. The highest BCUT2D eigenvalue weighted by Gasteiger charge is 2.55. The van der Waals surface area contributed by atoms with Gasteiger partial charge in [-0.1, -0.05) is 31.4 Å². The minimum Gasteiger partial charge on any atom is -0.325 e. The Morgan fingerprint density at radius 3 is 2.69 bits per heavy atom. The van der Waals surface area contributed by atoms with E-state index in [4.69, 9.17) is 0 Å². The number of benzene rings is 1. The first-order valence-corrected chi connectivity index (χ1v) is 9.96. The summed E-state index contributed by atoms with van der Waals surface area (Å²) in [7, 11) is 1.67. The number of amides is 4.